The number of aliphatic carboxylic acids is 1. The van der Waals surface area contributed by atoms with Gasteiger partial charge in [0.05, 0.1) is 0 Å². The minimum absolute atomic E-state index is 0.386. The molecule has 1 N–H and O–H groups in total. The fourth-order valence-corrected chi connectivity index (χ4v) is 2.15. The summed E-state index contributed by atoms with van der Waals surface area (Å²) < 4.78 is 15.3. The number of nitrogens with zero attached hydrogens (tertiary/aromatic N) is 2. The molecular weight excluding hydrogens is 271 g/mol. The molecule has 0 atom stereocenters. The first kappa shape index (κ1) is 15.0. The molecular formula is C16H17FN2O2. The number of rotatable bonds is 6. The highest BCUT2D eigenvalue weighted by molar-refractivity contribution is 5.85. The van der Waals surface area contributed by atoms with Crippen LogP contribution in [0.25, 0.3) is 6.08 Å². The normalized spacial score (nSPS) is 11.1. The minimum atomic E-state index is -1.06. The molecule has 0 aliphatic carbocycles. The standard InChI is InChI=1S/C16H17FN2O2/c1-2-3-15-18-8-9-19(15)11-13-4-6-14(17)10-12(13)5-7-16(20)21/h4-10H,2-3,11H2,1H3,(H,20,21). The fraction of sp³-hybridized carbons (Fsp3) is 0.250. The van der Waals surface area contributed by atoms with Crippen LogP contribution < -0.4 is 0 Å². The predicted octanol–water partition coefficient (Wildman–Crippen LogP) is 3.12. The zero-order valence-corrected chi connectivity index (χ0v) is 11.8. The topological polar surface area (TPSA) is 55.1 Å². The monoisotopic (exact) mass is 288 g/mol. The van der Waals surface area contributed by atoms with E-state index in [1.165, 1.54) is 18.2 Å². The highest BCUT2D eigenvalue weighted by atomic mass is 19.1. The lowest BCUT2D eigenvalue weighted by molar-refractivity contribution is -0.131. The van der Waals surface area contributed by atoms with Gasteiger partial charge in [0, 0.05) is 31.4 Å². The van der Waals surface area contributed by atoms with Gasteiger partial charge in [0.1, 0.15) is 11.6 Å². The lowest BCUT2D eigenvalue weighted by atomic mass is 10.1. The maximum Gasteiger partial charge on any atom is 0.328 e. The van der Waals surface area contributed by atoms with E-state index in [-0.39, 0.29) is 5.82 Å². The Kier molecular flexibility index (Phi) is 4.87. The molecule has 0 fully saturated rings. The third-order valence-corrected chi connectivity index (χ3v) is 3.13. The zero-order valence-electron chi connectivity index (χ0n) is 11.8. The lowest BCUT2D eigenvalue weighted by Crippen LogP contribution is -2.05. The van der Waals surface area contributed by atoms with Crippen LogP contribution in [0.1, 0.15) is 30.3 Å². The van der Waals surface area contributed by atoms with Crippen LogP contribution in [-0.4, -0.2) is 20.6 Å². The molecule has 1 aromatic carbocycles. The fourth-order valence-electron chi connectivity index (χ4n) is 2.15. The van der Waals surface area contributed by atoms with Crippen LogP contribution in [0, 0.1) is 5.82 Å². The van der Waals surface area contributed by atoms with Crippen molar-refractivity contribution in [2.24, 2.45) is 0 Å². The van der Waals surface area contributed by atoms with Crippen LogP contribution in [0.15, 0.2) is 36.7 Å². The van der Waals surface area contributed by atoms with Gasteiger partial charge in [-0.05, 0) is 35.8 Å². The van der Waals surface area contributed by atoms with Gasteiger partial charge in [-0.2, -0.15) is 0 Å². The zero-order chi connectivity index (χ0) is 15.2. The van der Waals surface area contributed by atoms with Crippen molar-refractivity contribution < 1.29 is 14.3 Å². The SMILES string of the molecule is CCCc1nccn1Cc1ccc(F)cc1C=CC(=O)O. The van der Waals surface area contributed by atoms with Crippen LogP contribution in [-0.2, 0) is 17.8 Å². The first-order chi connectivity index (χ1) is 10.1. The van der Waals surface area contributed by atoms with Crippen LogP contribution >= 0.6 is 0 Å². The van der Waals surface area contributed by atoms with E-state index >= 15 is 0 Å². The first-order valence-electron chi connectivity index (χ1n) is 6.79. The predicted molar refractivity (Wildman–Crippen MR) is 78.4 cm³/mol. The second kappa shape index (κ2) is 6.83. The van der Waals surface area contributed by atoms with Crippen LogP contribution in [0.2, 0.25) is 0 Å². The van der Waals surface area contributed by atoms with Gasteiger partial charge in [0.25, 0.3) is 0 Å². The summed E-state index contributed by atoms with van der Waals surface area (Å²) in [4.78, 5) is 14.9. The maximum absolute atomic E-state index is 13.3. The molecule has 0 aliphatic rings. The van der Waals surface area contributed by atoms with E-state index in [1.807, 2.05) is 10.8 Å². The largest absolute Gasteiger partial charge is 0.478 e. The van der Waals surface area contributed by atoms with E-state index in [2.05, 4.69) is 11.9 Å². The summed E-state index contributed by atoms with van der Waals surface area (Å²) in [5, 5.41) is 8.71. The molecule has 21 heavy (non-hydrogen) atoms. The summed E-state index contributed by atoms with van der Waals surface area (Å²) in [6, 6.07) is 4.39. The van der Waals surface area contributed by atoms with Gasteiger partial charge in [0.2, 0.25) is 0 Å². The van der Waals surface area contributed by atoms with Gasteiger partial charge >= 0.3 is 5.97 Å². The molecule has 0 unspecified atom stereocenters. The average Bonchev–Trinajstić information content (AvgIpc) is 2.87. The summed E-state index contributed by atoms with van der Waals surface area (Å²) in [6.45, 7) is 2.62. The molecule has 1 aromatic heterocycles. The summed E-state index contributed by atoms with van der Waals surface area (Å²) >= 11 is 0. The Hall–Kier alpha value is -2.43. The number of aryl methyl sites for hydroxylation is 1. The second-order valence-electron chi connectivity index (χ2n) is 4.74. The number of carbonyl (C=O) groups is 1. The van der Waals surface area contributed by atoms with Crippen LogP contribution in [0.4, 0.5) is 4.39 Å². The molecule has 0 bridgehead atoms. The Morgan fingerprint density at radius 1 is 1.48 bits per heavy atom. The summed E-state index contributed by atoms with van der Waals surface area (Å²) in [7, 11) is 0. The quantitative estimate of drug-likeness (QED) is 0.831. The van der Waals surface area contributed by atoms with Crippen molar-refractivity contribution in [2.45, 2.75) is 26.3 Å². The van der Waals surface area contributed by atoms with Crippen LogP contribution in [0.5, 0.6) is 0 Å². The molecule has 0 spiro atoms. The molecule has 110 valence electrons. The van der Waals surface area contributed by atoms with Crippen LogP contribution in [0.3, 0.4) is 0 Å². The number of benzene rings is 1. The Morgan fingerprint density at radius 2 is 2.29 bits per heavy atom. The molecule has 4 nitrogen and oxygen atoms in total. The third kappa shape index (κ3) is 4.02. The highest BCUT2D eigenvalue weighted by Gasteiger charge is 2.07. The Morgan fingerprint density at radius 3 is 3.00 bits per heavy atom. The van der Waals surface area contributed by atoms with Gasteiger partial charge in [-0.1, -0.05) is 13.0 Å². The average molecular weight is 288 g/mol. The van der Waals surface area contributed by atoms with Crippen molar-refractivity contribution in [3.63, 3.8) is 0 Å². The number of hydrogen-bond acceptors (Lipinski definition) is 2. The van der Waals surface area contributed by atoms with Gasteiger partial charge in [-0.25, -0.2) is 14.2 Å². The van der Waals surface area contributed by atoms with Gasteiger partial charge < -0.3 is 9.67 Å². The van der Waals surface area contributed by atoms with E-state index in [9.17, 15) is 9.18 Å². The molecule has 5 heteroatoms. The number of imidazole rings is 1. The lowest BCUT2D eigenvalue weighted by Gasteiger charge is -2.10. The molecule has 0 radical (unpaired) electrons. The molecule has 0 amide bonds. The smallest absolute Gasteiger partial charge is 0.328 e. The Labute approximate surface area is 122 Å². The highest BCUT2D eigenvalue weighted by Crippen LogP contribution is 2.16. The molecule has 1 heterocycles. The number of aromatic nitrogens is 2. The third-order valence-electron chi connectivity index (χ3n) is 3.13. The summed E-state index contributed by atoms with van der Waals surface area (Å²) in [5.41, 5.74) is 1.41. The van der Waals surface area contributed by atoms with Crippen molar-refractivity contribution in [1.29, 1.82) is 0 Å². The van der Waals surface area contributed by atoms with Crippen molar-refractivity contribution in [1.82, 2.24) is 9.55 Å². The molecule has 0 saturated carbocycles. The van der Waals surface area contributed by atoms with Gasteiger partial charge in [0.15, 0.2) is 0 Å². The number of carboxylic acids is 1. The summed E-state index contributed by atoms with van der Waals surface area (Å²) in [6.07, 6.45) is 7.90. The molecule has 2 rings (SSSR count). The van der Waals surface area contributed by atoms with Crippen molar-refractivity contribution in [3.05, 3.63) is 59.4 Å². The Bertz CT molecular complexity index is 662. The second-order valence-corrected chi connectivity index (χ2v) is 4.74. The first-order valence-corrected chi connectivity index (χ1v) is 6.79. The van der Waals surface area contributed by atoms with Gasteiger partial charge in [-0.3, -0.25) is 0 Å². The number of halogens is 1. The van der Waals surface area contributed by atoms with Crippen molar-refractivity contribution in [3.8, 4) is 0 Å². The molecule has 0 saturated heterocycles. The molecule has 0 aliphatic heterocycles. The van der Waals surface area contributed by atoms with E-state index in [0.717, 1.165) is 30.3 Å². The molecule has 2 aromatic rings. The van der Waals surface area contributed by atoms with Gasteiger partial charge in [-0.15, -0.1) is 0 Å². The van der Waals surface area contributed by atoms with E-state index in [1.54, 1.807) is 12.3 Å². The van der Waals surface area contributed by atoms with Crippen molar-refractivity contribution in [2.75, 3.05) is 0 Å². The number of carboxylic acid groups (broad SMARTS) is 1. The van der Waals surface area contributed by atoms with E-state index < -0.39 is 5.97 Å². The summed E-state index contributed by atoms with van der Waals surface area (Å²) in [5.74, 6) is -0.474. The van der Waals surface area contributed by atoms with E-state index in [4.69, 9.17) is 5.11 Å². The number of hydrogen-bond donors (Lipinski definition) is 1. The minimum Gasteiger partial charge on any atom is -0.478 e. The Balaban J connectivity index is 2.30. The van der Waals surface area contributed by atoms with E-state index in [0.29, 0.717) is 12.1 Å². The van der Waals surface area contributed by atoms with Crippen molar-refractivity contribution >= 4 is 12.0 Å². The maximum atomic E-state index is 13.3.